The molecular formula is C31H48N2O5S. The lowest BCUT2D eigenvalue weighted by Crippen LogP contribution is -2.45. The number of aliphatic hydroxyl groups is 2. The SMILES string of the molecule is N#CC1CC(O)C(CCCC(O)C2(c3cccs3)CCC2)[C@H]1CCCCCCC(=O)OCCN1CCOCC1. The van der Waals surface area contributed by atoms with Crippen LogP contribution in [0.5, 0.6) is 0 Å². The fourth-order valence-electron chi connectivity index (χ4n) is 7.04. The number of hydrogen-bond acceptors (Lipinski definition) is 8. The summed E-state index contributed by atoms with van der Waals surface area (Å²) < 4.78 is 10.7. The van der Waals surface area contributed by atoms with E-state index in [0.29, 0.717) is 19.4 Å². The molecule has 4 unspecified atom stereocenters. The summed E-state index contributed by atoms with van der Waals surface area (Å²) in [7, 11) is 0. The molecule has 4 rings (SSSR count). The van der Waals surface area contributed by atoms with Crippen molar-refractivity contribution in [3.63, 3.8) is 0 Å². The monoisotopic (exact) mass is 560 g/mol. The van der Waals surface area contributed by atoms with Crippen molar-refractivity contribution in [3.05, 3.63) is 22.4 Å². The molecule has 3 aliphatic rings. The summed E-state index contributed by atoms with van der Waals surface area (Å²) in [6, 6.07) is 6.71. The van der Waals surface area contributed by atoms with Crippen LogP contribution in [-0.4, -0.2) is 72.7 Å². The fourth-order valence-corrected chi connectivity index (χ4v) is 8.07. The van der Waals surface area contributed by atoms with E-state index in [1.807, 2.05) is 0 Å². The number of hydrogen-bond donors (Lipinski definition) is 2. The van der Waals surface area contributed by atoms with Gasteiger partial charge in [0.05, 0.1) is 37.4 Å². The van der Waals surface area contributed by atoms with Crippen molar-refractivity contribution >= 4 is 17.3 Å². The number of nitrogens with zero attached hydrogens (tertiary/aromatic N) is 2. The van der Waals surface area contributed by atoms with Crippen molar-refractivity contribution in [2.24, 2.45) is 17.8 Å². The number of aliphatic hydroxyl groups excluding tert-OH is 2. The smallest absolute Gasteiger partial charge is 0.305 e. The first-order valence-corrected chi connectivity index (χ1v) is 16.2. The number of esters is 1. The summed E-state index contributed by atoms with van der Waals surface area (Å²) in [5, 5.41) is 33.7. The second kappa shape index (κ2) is 15.5. The predicted octanol–water partition coefficient (Wildman–Crippen LogP) is 5.05. The van der Waals surface area contributed by atoms with Gasteiger partial charge in [0.15, 0.2) is 0 Å². The molecule has 1 aromatic rings. The van der Waals surface area contributed by atoms with Crippen molar-refractivity contribution in [1.82, 2.24) is 4.90 Å². The Bertz CT molecular complexity index is 893. The number of carbonyl (C=O) groups is 1. The summed E-state index contributed by atoms with van der Waals surface area (Å²) in [6.07, 6.45) is 10.9. The van der Waals surface area contributed by atoms with Crippen LogP contribution in [0, 0.1) is 29.1 Å². The van der Waals surface area contributed by atoms with Gasteiger partial charge in [-0.05, 0) is 68.2 Å². The van der Waals surface area contributed by atoms with Gasteiger partial charge in [0, 0.05) is 36.3 Å². The number of nitriles is 1. The molecular weight excluding hydrogens is 512 g/mol. The van der Waals surface area contributed by atoms with Crippen LogP contribution < -0.4 is 0 Å². The molecule has 0 radical (unpaired) electrons. The first kappa shape index (κ1) is 30.5. The Kier molecular flexibility index (Phi) is 12.1. The molecule has 2 saturated carbocycles. The lowest BCUT2D eigenvalue weighted by Gasteiger charge is -2.45. The van der Waals surface area contributed by atoms with Crippen molar-refractivity contribution in [1.29, 1.82) is 5.26 Å². The highest BCUT2D eigenvalue weighted by molar-refractivity contribution is 7.10. The Morgan fingerprint density at radius 3 is 2.64 bits per heavy atom. The first-order chi connectivity index (χ1) is 19.0. The van der Waals surface area contributed by atoms with Gasteiger partial charge < -0.3 is 19.7 Å². The minimum atomic E-state index is -0.418. The summed E-state index contributed by atoms with van der Waals surface area (Å²) in [5.41, 5.74) is -0.0633. The summed E-state index contributed by atoms with van der Waals surface area (Å²) in [4.78, 5) is 15.6. The van der Waals surface area contributed by atoms with Crippen molar-refractivity contribution in [2.75, 3.05) is 39.5 Å². The van der Waals surface area contributed by atoms with E-state index in [0.717, 1.165) is 97.1 Å². The Morgan fingerprint density at radius 1 is 1.18 bits per heavy atom. The van der Waals surface area contributed by atoms with E-state index in [9.17, 15) is 20.3 Å². The number of ether oxygens (including phenoxy) is 2. The van der Waals surface area contributed by atoms with Crippen LogP contribution >= 0.6 is 11.3 Å². The van der Waals surface area contributed by atoms with Gasteiger partial charge in [0.2, 0.25) is 0 Å². The third-order valence-corrected chi connectivity index (χ3v) is 10.7. The van der Waals surface area contributed by atoms with Crippen molar-refractivity contribution in [3.8, 4) is 6.07 Å². The molecule has 2 N–H and O–H groups in total. The van der Waals surface area contributed by atoms with Gasteiger partial charge in [-0.3, -0.25) is 9.69 Å². The minimum Gasteiger partial charge on any atom is -0.464 e. The van der Waals surface area contributed by atoms with Gasteiger partial charge in [-0.25, -0.2) is 0 Å². The lowest BCUT2D eigenvalue weighted by molar-refractivity contribution is -0.144. The molecule has 1 aliphatic heterocycles. The van der Waals surface area contributed by atoms with Crippen LogP contribution in [0.25, 0.3) is 0 Å². The molecule has 39 heavy (non-hydrogen) atoms. The van der Waals surface area contributed by atoms with Gasteiger partial charge in [0.1, 0.15) is 6.61 Å². The maximum absolute atomic E-state index is 12.0. The summed E-state index contributed by atoms with van der Waals surface area (Å²) in [5.74, 6) is 0.168. The number of carbonyl (C=O) groups excluding carboxylic acids is 1. The lowest BCUT2D eigenvalue weighted by atomic mass is 9.63. The third-order valence-electron chi connectivity index (χ3n) is 9.58. The maximum atomic E-state index is 12.0. The summed E-state index contributed by atoms with van der Waals surface area (Å²) in [6.45, 7) is 4.54. The first-order valence-electron chi connectivity index (χ1n) is 15.3. The molecule has 8 heteroatoms. The minimum absolute atomic E-state index is 0.0633. The van der Waals surface area contributed by atoms with Gasteiger partial charge in [-0.15, -0.1) is 11.3 Å². The largest absolute Gasteiger partial charge is 0.464 e. The van der Waals surface area contributed by atoms with E-state index < -0.39 is 6.10 Å². The zero-order valence-corrected chi connectivity index (χ0v) is 24.3. The van der Waals surface area contributed by atoms with Crippen LogP contribution in [0.15, 0.2) is 17.5 Å². The molecule has 1 aromatic heterocycles. The Balaban J connectivity index is 1.11. The standard InChI is InChI=1S/C31H48N2O5S/c32-23-24-22-27(34)26(9-5-10-28(35)31(13-7-14-31)29-11-6-21-39-29)25(24)8-3-1-2-4-12-30(36)38-20-17-33-15-18-37-19-16-33/h6,11,21,24-28,34-35H,1-5,7-10,12-20,22H2/t24?,25-,26?,27?,28?/m0/s1. The van der Waals surface area contributed by atoms with Gasteiger partial charge in [-0.1, -0.05) is 38.2 Å². The van der Waals surface area contributed by atoms with E-state index in [1.165, 1.54) is 11.3 Å². The maximum Gasteiger partial charge on any atom is 0.305 e. The van der Waals surface area contributed by atoms with Gasteiger partial charge in [0.25, 0.3) is 0 Å². The van der Waals surface area contributed by atoms with Gasteiger partial charge in [-0.2, -0.15) is 5.26 Å². The Hall–Kier alpha value is -1.50. The van der Waals surface area contributed by atoms with E-state index in [-0.39, 0.29) is 35.2 Å². The van der Waals surface area contributed by atoms with E-state index in [2.05, 4.69) is 28.5 Å². The number of unbranched alkanes of at least 4 members (excludes halogenated alkanes) is 3. The average Bonchev–Trinajstić information content (AvgIpc) is 3.55. The second-order valence-corrected chi connectivity index (χ2v) is 12.9. The Labute approximate surface area is 238 Å². The molecule has 0 amide bonds. The van der Waals surface area contributed by atoms with Crippen LogP contribution in [0.2, 0.25) is 0 Å². The zero-order chi connectivity index (χ0) is 27.5. The quantitative estimate of drug-likeness (QED) is 0.215. The predicted molar refractivity (Wildman–Crippen MR) is 152 cm³/mol. The molecule has 2 heterocycles. The van der Waals surface area contributed by atoms with Gasteiger partial charge >= 0.3 is 5.97 Å². The normalized spacial score (nSPS) is 27.5. The van der Waals surface area contributed by atoms with E-state index in [1.54, 1.807) is 11.3 Å². The number of morpholine rings is 1. The van der Waals surface area contributed by atoms with Crippen LogP contribution in [0.1, 0.15) is 88.3 Å². The van der Waals surface area contributed by atoms with E-state index >= 15 is 0 Å². The third kappa shape index (κ3) is 8.27. The number of rotatable bonds is 16. The fraction of sp³-hybridized carbons (Fsp3) is 0.806. The molecule has 0 spiro atoms. The highest BCUT2D eigenvalue weighted by Crippen LogP contribution is 2.50. The topological polar surface area (TPSA) is 103 Å². The highest BCUT2D eigenvalue weighted by Gasteiger charge is 2.46. The molecule has 218 valence electrons. The van der Waals surface area contributed by atoms with Crippen LogP contribution in [0.3, 0.4) is 0 Å². The summed E-state index contributed by atoms with van der Waals surface area (Å²) >= 11 is 1.75. The molecule has 1 saturated heterocycles. The average molecular weight is 561 g/mol. The number of thiophene rings is 1. The highest BCUT2D eigenvalue weighted by atomic mass is 32.1. The zero-order valence-electron chi connectivity index (χ0n) is 23.5. The van der Waals surface area contributed by atoms with Crippen molar-refractivity contribution < 1.29 is 24.5 Å². The van der Waals surface area contributed by atoms with E-state index in [4.69, 9.17) is 9.47 Å². The second-order valence-electron chi connectivity index (χ2n) is 11.9. The molecule has 0 bridgehead atoms. The van der Waals surface area contributed by atoms with Crippen LogP contribution in [-0.2, 0) is 19.7 Å². The van der Waals surface area contributed by atoms with Crippen molar-refractivity contribution in [2.45, 2.75) is 101 Å². The molecule has 2 aliphatic carbocycles. The molecule has 7 nitrogen and oxygen atoms in total. The Morgan fingerprint density at radius 2 is 1.95 bits per heavy atom. The van der Waals surface area contributed by atoms with Crippen LogP contribution in [0.4, 0.5) is 0 Å². The molecule has 0 aromatic carbocycles. The molecule has 5 atom stereocenters. The molecule has 3 fully saturated rings.